The molecule has 0 aliphatic heterocycles. The molecule has 0 spiro atoms. The van der Waals surface area contributed by atoms with Gasteiger partial charge in [0.1, 0.15) is 18.5 Å². The van der Waals surface area contributed by atoms with Gasteiger partial charge in [-0.25, -0.2) is 0 Å². The highest BCUT2D eigenvalue weighted by molar-refractivity contribution is 6.42. The molecule has 0 aromatic heterocycles. The largest absolute Gasteiger partial charge is 0.491 e. The first-order valence-corrected chi connectivity index (χ1v) is 7.54. The van der Waals surface area contributed by atoms with Crippen LogP contribution in [0.4, 0.5) is 0 Å². The lowest BCUT2D eigenvalue weighted by molar-refractivity contribution is 0.0993. The number of hydrogen-bond donors (Lipinski definition) is 2. The average Bonchev–Trinajstić information content (AvgIpc) is 2.47. The number of halogens is 2. The van der Waals surface area contributed by atoms with Crippen LogP contribution in [0.15, 0.2) is 30.9 Å². The van der Waals surface area contributed by atoms with Crippen molar-refractivity contribution in [2.24, 2.45) is 0 Å². The minimum absolute atomic E-state index is 0.183. The Morgan fingerprint density at radius 3 is 2.81 bits per heavy atom. The van der Waals surface area contributed by atoms with Gasteiger partial charge in [0.05, 0.1) is 23.3 Å². The van der Waals surface area contributed by atoms with Crippen LogP contribution < -0.4 is 10.1 Å². The fourth-order valence-corrected chi connectivity index (χ4v) is 1.79. The molecule has 0 radical (unpaired) electrons. The molecule has 1 rings (SSSR count). The summed E-state index contributed by atoms with van der Waals surface area (Å²) in [5.41, 5.74) is 0. The lowest BCUT2D eigenvalue weighted by Gasteiger charge is -2.13. The smallest absolute Gasteiger partial charge is 0.121 e. The molecule has 0 heterocycles. The zero-order chi connectivity index (χ0) is 15.5. The second-order valence-corrected chi connectivity index (χ2v) is 5.25. The maximum Gasteiger partial charge on any atom is 0.121 e. The van der Waals surface area contributed by atoms with Crippen LogP contribution in [-0.4, -0.2) is 44.1 Å². The number of hydrogen-bond acceptors (Lipinski definition) is 4. The van der Waals surface area contributed by atoms with E-state index in [9.17, 15) is 5.11 Å². The summed E-state index contributed by atoms with van der Waals surface area (Å²) < 4.78 is 10.8. The summed E-state index contributed by atoms with van der Waals surface area (Å²) in [5.74, 6) is 0.580. The fourth-order valence-electron chi connectivity index (χ4n) is 1.50. The second-order valence-electron chi connectivity index (χ2n) is 4.43. The van der Waals surface area contributed by atoms with Crippen LogP contribution in [0.2, 0.25) is 10.0 Å². The quantitative estimate of drug-likeness (QED) is 0.483. The summed E-state index contributed by atoms with van der Waals surface area (Å²) in [5, 5.41) is 13.8. The van der Waals surface area contributed by atoms with Gasteiger partial charge in [-0.15, -0.1) is 6.58 Å². The van der Waals surface area contributed by atoms with Crippen molar-refractivity contribution in [2.45, 2.75) is 12.5 Å². The number of rotatable bonds is 11. The Hall–Kier alpha value is -0.780. The lowest BCUT2D eigenvalue weighted by Crippen LogP contribution is -2.33. The molecule has 1 aromatic carbocycles. The Morgan fingerprint density at radius 2 is 2.10 bits per heavy atom. The predicted molar refractivity (Wildman–Crippen MR) is 86.5 cm³/mol. The Balaban J connectivity index is 2.09. The van der Waals surface area contributed by atoms with Crippen molar-refractivity contribution >= 4 is 23.2 Å². The van der Waals surface area contributed by atoms with E-state index in [1.165, 1.54) is 0 Å². The Morgan fingerprint density at radius 1 is 1.29 bits per heavy atom. The molecule has 0 fully saturated rings. The molecule has 0 bridgehead atoms. The topological polar surface area (TPSA) is 50.7 Å². The van der Waals surface area contributed by atoms with Crippen molar-refractivity contribution in [1.29, 1.82) is 0 Å². The van der Waals surface area contributed by atoms with E-state index in [1.54, 1.807) is 18.2 Å². The summed E-state index contributed by atoms with van der Waals surface area (Å²) >= 11 is 11.7. The third-order valence-electron chi connectivity index (χ3n) is 2.60. The van der Waals surface area contributed by atoms with Gasteiger partial charge in [-0.1, -0.05) is 29.3 Å². The molecule has 0 aliphatic rings. The molecule has 2 N–H and O–H groups in total. The normalized spacial score (nSPS) is 12.1. The molecule has 0 aliphatic carbocycles. The maximum atomic E-state index is 9.77. The molecule has 1 atom stereocenters. The van der Waals surface area contributed by atoms with E-state index in [0.29, 0.717) is 42.1 Å². The molecule has 21 heavy (non-hydrogen) atoms. The summed E-state index contributed by atoms with van der Waals surface area (Å²) in [6, 6.07) is 4.99. The van der Waals surface area contributed by atoms with Crippen LogP contribution in [-0.2, 0) is 4.74 Å². The fraction of sp³-hybridized carbons (Fsp3) is 0.467. The Labute approximate surface area is 135 Å². The van der Waals surface area contributed by atoms with E-state index in [2.05, 4.69) is 11.9 Å². The minimum atomic E-state index is -0.604. The average molecular weight is 334 g/mol. The van der Waals surface area contributed by atoms with E-state index >= 15 is 0 Å². The molecular weight excluding hydrogens is 313 g/mol. The van der Waals surface area contributed by atoms with Crippen LogP contribution in [0.1, 0.15) is 6.42 Å². The molecule has 118 valence electrons. The molecule has 4 nitrogen and oxygen atoms in total. The third kappa shape index (κ3) is 8.29. The lowest BCUT2D eigenvalue weighted by atomic mass is 10.3. The molecule has 1 unspecified atom stereocenters. The first kappa shape index (κ1) is 18.3. The van der Waals surface area contributed by atoms with Crippen molar-refractivity contribution in [2.75, 3.05) is 32.9 Å². The third-order valence-corrected chi connectivity index (χ3v) is 3.34. The van der Waals surface area contributed by atoms with Gasteiger partial charge in [-0.2, -0.15) is 0 Å². The van der Waals surface area contributed by atoms with Gasteiger partial charge < -0.3 is 19.9 Å². The van der Waals surface area contributed by atoms with Gasteiger partial charge in [0.2, 0.25) is 0 Å². The van der Waals surface area contributed by atoms with Gasteiger partial charge in [-0.3, -0.25) is 0 Å². The zero-order valence-corrected chi connectivity index (χ0v) is 13.4. The highest BCUT2D eigenvalue weighted by atomic mass is 35.5. The molecular formula is C15H21Cl2NO3. The van der Waals surface area contributed by atoms with Gasteiger partial charge in [0, 0.05) is 19.2 Å². The second kappa shape index (κ2) is 10.9. The SMILES string of the molecule is C=CCCOCCNCC(O)COc1ccc(Cl)c(Cl)c1. The molecule has 0 saturated carbocycles. The van der Waals surface area contributed by atoms with Gasteiger partial charge in [0.15, 0.2) is 0 Å². The van der Waals surface area contributed by atoms with Crippen LogP contribution >= 0.6 is 23.2 Å². The summed E-state index contributed by atoms with van der Waals surface area (Å²) in [7, 11) is 0. The first-order chi connectivity index (χ1) is 10.1. The van der Waals surface area contributed by atoms with Crippen molar-refractivity contribution in [3.05, 3.63) is 40.9 Å². The number of aliphatic hydroxyl groups excluding tert-OH is 1. The molecule has 1 aromatic rings. The van der Waals surface area contributed by atoms with Gasteiger partial charge in [0.25, 0.3) is 0 Å². The number of nitrogens with one attached hydrogen (secondary N) is 1. The first-order valence-electron chi connectivity index (χ1n) is 6.78. The van der Waals surface area contributed by atoms with Crippen LogP contribution in [0, 0.1) is 0 Å². The summed E-state index contributed by atoms with van der Waals surface area (Å²) in [4.78, 5) is 0. The number of benzene rings is 1. The highest BCUT2D eigenvalue weighted by Crippen LogP contribution is 2.26. The molecule has 0 saturated heterocycles. The van der Waals surface area contributed by atoms with E-state index in [4.69, 9.17) is 32.7 Å². The Kier molecular flexibility index (Phi) is 9.46. The standard InChI is InChI=1S/C15H21Cl2NO3/c1-2-3-7-20-8-6-18-10-12(19)11-21-13-4-5-14(16)15(17)9-13/h2,4-5,9,12,18-19H,1,3,6-8,10-11H2. The van der Waals surface area contributed by atoms with Crippen molar-refractivity contribution < 1.29 is 14.6 Å². The molecule has 0 amide bonds. The molecule has 6 heteroatoms. The van der Waals surface area contributed by atoms with Crippen molar-refractivity contribution in [3.63, 3.8) is 0 Å². The van der Waals surface area contributed by atoms with Crippen LogP contribution in [0.3, 0.4) is 0 Å². The highest BCUT2D eigenvalue weighted by Gasteiger charge is 2.06. The Bertz CT molecular complexity index is 429. The number of aliphatic hydroxyl groups is 1. The van der Waals surface area contributed by atoms with Crippen LogP contribution in [0.5, 0.6) is 5.75 Å². The van der Waals surface area contributed by atoms with E-state index in [0.717, 1.165) is 6.42 Å². The van der Waals surface area contributed by atoms with E-state index < -0.39 is 6.10 Å². The van der Waals surface area contributed by atoms with E-state index in [1.807, 2.05) is 6.08 Å². The maximum absolute atomic E-state index is 9.77. The van der Waals surface area contributed by atoms with Crippen molar-refractivity contribution in [1.82, 2.24) is 5.32 Å². The van der Waals surface area contributed by atoms with Gasteiger partial charge >= 0.3 is 0 Å². The summed E-state index contributed by atoms with van der Waals surface area (Å²) in [6.45, 7) is 6.20. The summed E-state index contributed by atoms with van der Waals surface area (Å²) in [6.07, 6.45) is 2.06. The van der Waals surface area contributed by atoms with Crippen molar-refractivity contribution in [3.8, 4) is 5.75 Å². The van der Waals surface area contributed by atoms with Gasteiger partial charge in [-0.05, 0) is 18.6 Å². The zero-order valence-electron chi connectivity index (χ0n) is 11.9. The van der Waals surface area contributed by atoms with E-state index in [-0.39, 0.29) is 6.61 Å². The minimum Gasteiger partial charge on any atom is -0.491 e. The monoisotopic (exact) mass is 333 g/mol. The van der Waals surface area contributed by atoms with Crippen LogP contribution in [0.25, 0.3) is 0 Å². The predicted octanol–water partition coefficient (Wildman–Crippen LogP) is 2.92. The number of ether oxygens (including phenoxy) is 2.